The molecule has 0 radical (unpaired) electrons. The molecule has 1 nitrogen and oxygen atoms in total. The maximum atomic E-state index is 5.37. The minimum atomic E-state index is 0.451. The molecular formula is C4H10I2N-. The minimum absolute atomic E-state index is 0.451. The fraction of sp³-hybridized carbons (Fsp3) is 1.00. The molecule has 0 amide bonds. The average Bonchev–Trinajstić information content (AvgIpc) is 1.68. The Morgan fingerprint density at radius 1 is 1.86 bits per heavy atom. The molecular weight excluding hydrogens is 316 g/mol. The molecule has 0 aliphatic carbocycles. The quantitative estimate of drug-likeness (QED) is 0.472. The second-order valence-corrected chi connectivity index (χ2v) is 6.92. The average molecular weight is 326 g/mol. The third-order valence-electron chi connectivity index (χ3n) is 0.724. The Kier molecular flexibility index (Phi) is 6.68. The summed E-state index contributed by atoms with van der Waals surface area (Å²) >= 11 is 2.93. The standard InChI is InChI=1S/C4H10I2N/c1-4(3-7)2-6-5/h4H,2-3,7H2,1H3/q-1/t4-/m0/s1. The van der Waals surface area contributed by atoms with Gasteiger partial charge in [0.2, 0.25) is 0 Å². The molecule has 0 aromatic rings. The van der Waals surface area contributed by atoms with Crippen LogP contribution in [0.3, 0.4) is 0 Å². The Morgan fingerprint density at radius 2 is 2.43 bits per heavy atom. The van der Waals surface area contributed by atoms with E-state index in [9.17, 15) is 0 Å². The van der Waals surface area contributed by atoms with Gasteiger partial charge in [0.05, 0.1) is 0 Å². The first-order chi connectivity index (χ1) is 3.31. The third-order valence-corrected chi connectivity index (χ3v) is 4.79. The molecule has 1 atom stereocenters. The molecule has 0 spiro atoms. The summed E-state index contributed by atoms with van der Waals surface area (Å²) in [7, 11) is 0. The summed E-state index contributed by atoms with van der Waals surface area (Å²) in [6, 6.07) is 0. The molecule has 0 aliphatic rings. The molecule has 0 aromatic heterocycles. The van der Waals surface area contributed by atoms with E-state index in [0.717, 1.165) is 12.5 Å². The molecule has 0 rings (SSSR count). The van der Waals surface area contributed by atoms with E-state index < -0.39 is 0 Å². The molecule has 0 aromatic carbocycles. The summed E-state index contributed by atoms with van der Waals surface area (Å²) < 4.78 is 1.37. The number of hydrogen-bond donors (Lipinski definition) is 1. The van der Waals surface area contributed by atoms with Crippen LogP contribution in [0, 0.1) is 5.92 Å². The Hall–Kier alpha value is 1.42. The van der Waals surface area contributed by atoms with Gasteiger partial charge in [0.1, 0.15) is 0 Å². The molecule has 0 unspecified atom stereocenters. The van der Waals surface area contributed by atoms with Crippen LogP contribution in [0.25, 0.3) is 0 Å². The van der Waals surface area contributed by atoms with Gasteiger partial charge in [-0.1, -0.05) is 0 Å². The van der Waals surface area contributed by atoms with Gasteiger partial charge in [-0.25, -0.2) is 0 Å². The van der Waals surface area contributed by atoms with Gasteiger partial charge in [0.15, 0.2) is 0 Å². The van der Waals surface area contributed by atoms with Crippen molar-refractivity contribution in [2.45, 2.75) is 6.92 Å². The monoisotopic (exact) mass is 326 g/mol. The van der Waals surface area contributed by atoms with Crippen LogP contribution >= 0.6 is 18.6 Å². The van der Waals surface area contributed by atoms with Crippen LogP contribution in [-0.4, -0.2) is 11.0 Å². The van der Waals surface area contributed by atoms with Gasteiger partial charge in [-0.05, 0) is 0 Å². The Balaban J connectivity index is 2.83. The van der Waals surface area contributed by atoms with E-state index in [1.165, 1.54) is 4.43 Å². The van der Waals surface area contributed by atoms with Crippen molar-refractivity contribution < 1.29 is 17.2 Å². The van der Waals surface area contributed by atoms with E-state index in [1.807, 2.05) is 0 Å². The predicted molar refractivity (Wildman–Crippen MR) is 37.1 cm³/mol. The second kappa shape index (κ2) is 5.55. The molecule has 0 aliphatic heterocycles. The number of hydrogen-bond acceptors (Lipinski definition) is 1. The fourth-order valence-electron chi connectivity index (χ4n) is 0.163. The second-order valence-electron chi connectivity index (χ2n) is 1.60. The van der Waals surface area contributed by atoms with Crippen molar-refractivity contribution in [2.24, 2.45) is 11.7 Å². The van der Waals surface area contributed by atoms with E-state index in [2.05, 4.69) is 25.5 Å². The molecule has 2 N–H and O–H groups in total. The van der Waals surface area contributed by atoms with Crippen LogP contribution < -0.4 is 23.0 Å². The fourth-order valence-corrected chi connectivity index (χ4v) is 4.90. The zero-order valence-electron chi connectivity index (χ0n) is 4.32. The van der Waals surface area contributed by atoms with Crippen LogP contribution in [0.4, 0.5) is 0 Å². The molecule has 7 heavy (non-hydrogen) atoms. The van der Waals surface area contributed by atoms with Crippen molar-refractivity contribution in [1.29, 1.82) is 0 Å². The van der Waals surface area contributed by atoms with Gasteiger partial charge < -0.3 is 0 Å². The summed E-state index contributed by atoms with van der Waals surface area (Å²) in [4.78, 5) is 0. The SMILES string of the molecule is C[C@H](CN)C[I-]I. The van der Waals surface area contributed by atoms with Crippen LogP contribution in [0.2, 0.25) is 0 Å². The van der Waals surface area contributed by atoms with Crippen molar-refractivity contribution in [1.82, 2.24) is 0 Å². The summed E-state index contributed by atoms with van der Waals surface area (Å²) in [6.07, 6.45) is 0. The van der Waals surface area contributed by atoms with Crippen molar-refractivity contribution in [3.05, 3.63) is 0 Å². The summed E-state index contributed by atoms with van der Waals surface area (Å²) in [6.45, 7) is 3.07. The Morgan fingerprint density at radius 3 is 2.57 bits per heavy atom. The topological polar surface area (TPSA) is 26.0 Å². The maximum absolute atomic E-state index is 5.37. The van der Waals surface area contributed by atoms with Crippen LogP contribution in [0.5, 0.6) is 0 Å². The molecule has 0 bridgehead atoms. The van der Waals surface area contributed by atoms with Gasteiger partial charge >= 0.3 is 65.4 Å². The summed E-state index contributed by atoms with van der Waals surface area (Å²) in [5.41, 5.74) is 5.37. The van der Waals surface area contributed by atoms with E-state index in [-0.39, 0.29) is 0 Å². The van der Waals surface area contributed by atoms with E-state index in [1.54, 1.807) is 0 Å². The molecule has 0 heterocycles. The zero-order chi connectivity index (χ0) is 5.70. The molecule has 3 heteroatoms. The number of halogens is 2. The van der Waals surface area contributed by atoms with Gasteiger partial charge in [-0.3, -0.25) is 0 Å². The van der Waals surface area contributed by atoms with Crippen molar-refractivity contribution in [2.75, 3.05) is 11.0 Å². The number of alkyl halides is 1. The zero-order valence-corrected chi connectivity index (χ0v) is 8.64. The Bertz CT molecular complexity index is 40.7. The molecule has 0 saturated heterocycles. The van der Waals surface area contributed by atoms with Gasteiger partial charge in [0, 0.05) is 0 Å². The first-order valence-corrected chi connectivity index (χ1v) is 10.0. The van der Waals surface area contributed by atoms with Crippen molar-refractivity contribution in [3.63, 3.8) is 0 Å². The molecule has 0 fully saturated rings. The third kappa shape index (κ3) is 5.29. The Labute approximate surface area is 64.9 Å². The number of rotatable bonds is 3. The van der Waals surface area contributed by atoms with Gasteiger partial charge in [0.25, 0.3) is 0 Å². The van der Waals surface area contributed by atoms with Crippen LogP contribution in [0.1, 0.15) is 6.92 Å². The van der Waals surface area contributed by atoms with E-state index in [4.69, 9.17) is 5.73 Å². The van der Waals surface area contributed by atoms with Crippen molar-refractivity contribution in [3.8, 4) is 0 Å². The normalized spacial score (nSPS) is 14.7. The van der Waals surface area contributed by atoms with E-state index in [0.29, 0.717) is 17.2 Å². The van der Waals surface area contributed by atoms with Gasteiger partial charge in [-0.15, -0.1) is 0 Å². The number of nitrogens with two attached hydrogens (primary N) is 1. The first-order valence-electron chi connectivity index (χ1n) is 2.21. The van der Waals surface area contributed by atoms with Gasteiger partial charge in [-0.2, -0.15) is 0 Å². The molecule has 0 saturated carbocycles. The van der Waals surface area contributed by atoms with Crippen molar-refractivity contribution >= 4 is 18.6 Å². The predicted octanol–water partition coefficient (Wildman–Crippen LogP) is -1.98. The van der Waals surface area contributed by atoms with Crippen LogP contribution in [-0.2, 0) is 0 Å². The molecule has 46 valence electrons. The summed E-state index contributed by atoms with van der Waals surface area (Å²) in [5.74, 6) is 0.768. The van der Waals surface area contributed by atoms with E-state index >= 15 is 0 Å². The first kappa shape index (κ1) is 8.42. The van der Waals surface area contributed by atoms with Crippen LogP contribution in [0.15, 0.2) is 0 Å². The summed E-state index contributed by atoms with van der Waals surface area (Å²) in [5, 5.41) is 0.